The standard InChI is InChI=1S/C14H22N4S/c1-3-11(2)13-10-17(5-4-15-13)8-12-9-18-6-7-19-14(18)16-12/h6-7,9,11,13,15H,3-5,8,10H2,1-2H3. The number of piperazine rings is 1. The Labute approximate surface area is 118 Å². The summed E-state index contributed by atoms with van der Waals surface area (Å²) in [7, 11) is 0. The molecule has 0 spiro atoms. The molecule has 104 valence electrons. The molecule has 2 aromatic heterocycles. The largest absolute Gasteiger partial charge is 0.311 e. The number of fused-ring (bicyclic) bond motifs is 1. The molecule has 19 heavy (non-hydrogen) atoms. The Bertz CT molecular complexity index is 504. The lowest BCUT2D eigenvalue weighted by Gasteiger charge is -2.36. The van der Waals surface area contributed by atoms with E-state index in [-0.39, 0.29) is 0 Å². The van der Waals surface area contributed by atoms with Crippen molar-refractivity contribution in [3.63, 3.8) is 0 Å². The molecule has 1 aliphatic rings. The zero-order valence-corrected chi connectivity index (χ0v) is 12.5. The molecule has 5 heteroatoms. The van der Waals surface area contributed by atoms with E-state index in [2.05, 4.69) is 51.2 Å². The van der Waals surface area contributed by atoms with Crippen LogP contribution in [0.5, 0.6) is 0 Å². The van der Waals surface area contributed by atoms with Gasteiger partial charge < -0.3 is 5.32 Å². The highest BCUT2D eigenvalue weighted by Gasteiger charge is 2.23. The fraction of sp³-hybridized carbons (Fsp3) is 0.643. The third kappa shape index (κ3) is 2.83. The Morgan fingerprint density at radius 2 is 2.47 bits per heavy atom. The average molecular weight is 278 g/mol. The summed E-state index contributed by atoms with van der Waals surface area (Å²) in [6.07, 6.45) is 5.48. The number of nitrogens with zero attached hydrogens (tertiary/aromatic N) is 3. The Morgan fingerprint density at radius 1 is 1.58 bits per heavy atom. The second kappa shape index (κ2) is 5.61. The summed E-state index contributed by atoms with van der Waals surface area (Å²) in [5.41, 5.74) is 1.19. The minimum Gasteiger partial charge on any atom is -0.311 e. The van der Waals surface area contributed by atoms with Crippen LogP contribution in [0.25, 0.3) is 4.96 Å². The van der Waals surface area contributed by atoms with Gasteiger partial charge in [0, 0.05) is 50.0 Å². The number of thiazole rings is 1. The van der Waals surface area contributed by atoms with Crippen molar-refractivity contribution < 1.29 is 0 Å². The van der Waals surface area contributed by atoms with Crippen molar-refractivity contribution in [2.45, 2.75) is 32.9 Å². The highest BCUT2D eigenvalue weighted by atomic mass is 32.1. The van der Waals surface area contributed by atoms with Crippen LogP contribution in [0, 0.1) is 5.92 Å². The van der Waals surface area contributed by atoms with Crippen molar-refractivity contribution in [3.8, 4) is 0 Å². The van der Waals surface area contributed by atoms with Crippen LogP contribution in [0.15, 0.2) is 17.8 Å². The third-order valence-electron chi connectivity index (χ3n) is 4.15. The van der Waals surface area contributed by atoms with Crippen LogP contribution in [0.3, 0.4) is 0 Å². The molecular weight excluding hydrogens is 256 g/mol. The number of hydrogen-bond donors (Lipinski definition) is 1. The van der Waals surface area contributed by atoms with Gasteiger partial charge in [-0.25, -0.2) is 4.98 Å². The van der Waals surface area contributed by atoms with Gasteiger partial charge in [0.2, 0.25) is 0 Å². The molecule has 1 N–H and O–H groups in total. The topological polar surface area (TPSA) is 32.6 Å². The SMILES string of the molecule is CCC(C)C1CN(Cc2cn3ccsc3n2)CCN1. The molecule has 0 aliphatic carbocycles. The fourth-order valence-electron chi connectivity index (χ4n) is 2.73. The molecule has 0 radical (unpaired) electrons. The zero-order valence-electron chi connectivity index (χ0n) is 11.7. The van der Waals surface area contributed by atoms with E-state index < -0.39 is 0 Å². The van der Waals surface area contributed by atoms with E-state index in [4.69, 9.17) is 0 Å². The number of rotatable bonds is 4. The summed E-state index contributed by atoms with van der Waals surface area (Å²) < 4.78 is 2.12. The lowest BCUT2D eigenvalue weighted by molar-refractivity contribution is 0.161. The van der Waals surface area contributed by atoms with Gasteiger partial charge in [0.1, 0.15) is 0 Å². The molecule has 1 fully saturated rings. The van der Waals surface area contributed by atoms with Gasteiger partial charge in [-0.1, -0.05) is 20.3 Å². The van der Waals surface area contributed by atoms with Crippen LogP contribution in [0.1, 0.15) is 26.0 Å². The summed E-state index contributed by atoms with van der Waals surface area (Å²) in [4.78, 5) is 8.30. The summed E-state index contributed by atoms with van der Waals surface area (Å²) in [5.74, 6) is 0.744. The van der Waals surface area contributed by atoms with Crippen molar-refractivity contribution in [1.82, 2.24) is 19.6 Å². The van der Waals surface area contributed by atoms with E-state index in [1.165, 1.54) is 12.1 Å². The first-order valence-corrected chi connectivity index (χ1v) is 8.01. The monoisotopic (exact) mass is 278 g/mol. The predicted octanol–water partition coefficient (Wildman–Crippen LogP) is 2.22. The van der Waals surface area contributed by atoms with Crippen LogP contribution in [0.2, 0.25) is 0 Å². The van der Waals surface area contributed by atoms with Crippen LogP contribution in [-0.4, -0.2) is 40.0 Å². The van der Waals surface area contributed by atoms with Crippen molar-refractivity contribution in [3.05, 3.63) is 23.5 Å². The minimum atomic E-state index is 0.627. The van der Waals surface area contributed by atoms with E-state index in [0.29, 0.717) is 6.04 Å². The summed E-state index contributed by atoms with van der Waals surface area (Å²) in [6, 6.07) is 0.627. The number of imidazole rings is 1. The lowest BCUT2D eigenvalue weighted by atomic mass is 9.97. The average Bonchev–Trinajstić information content (AvgIpc) is 2.99. The molecule has 0 aromatic carbocycles. The number of aromatic nitrogens is 2. The van der Waals surface area contributed by atoms with Crippen molar-refractivity contribution >= 4 is 16.3 Å². The molecule has 3 heterocycles. The van der Waals surface area contributed by atoms with Gasteiger partial charge in [-0.2, -0.15) is 0 Å². The van der Waals surface area contributed by atoms with E-state index in [9.17, 15) is 0 Å². The number of hydrogen-bond acceptors (Lipinski definition) is 4. The van der Waals surface area contributed by atoms with Crippen molar-refractivity contribution in [1.29, 1.82) is 0 Å². The zero-order chi connectivity index (χ0) is 13.2. The molecule has 1 aliphatic heterocycles. The van der Waals surface area contributed by atoms with Gasteiger partial charge >= 0.3 is 0 Å². The van der Waals surface area contributed by atoms with Crippen LogP contribution < -0.4 is 5.32 Å². The Morgan fingerprint density at radius 3 is 3.26 bits per heavy atom. The quantitative estimate of drug-likeness (QED) is 0.931. The summed E-state index contributed by atoms with van der Waals surface area (Å²) >= 11 is 1.70. The van der Waals surface area contributed by atoms with E-state index in [0.717, 1.165) is 37.1 Å². The lowest BCUT2D eigenvalue weighted by Crippen LogP contribution is -2.52. The van der Waals surface area contributed by atoms with Gasteiger partial charge in [-0.3, -0.25) is 9.30 Å². The van der Waals surface area contributed by atoms with Crippen LogP contribution in [0.4, 0.5) is 0 Å². The Balaban J connectivity index is 1.64. The molecule has 1 saturated heterocycles. The second-order valence-electron chi connectivity index (χ2n) is 5.51. The van der Waals surface area contributed by atoms with Gasteiger partial charge in [0.05, 0.1) is 5.69 Å². The Hall–Kier alpha value is -0.910. The maximum absolute atomic E-state index is 4.68. The van der Waals surface area contributed by atoms with Crippen LogP contribution >= 0.6 is 11.3 Å². The summed E-state index contributed by atoms with van der Waals surface area (Å²) in [6.45, 7) is 8.95. The van der Waals surface area contributed by atoms with E-state index in [1.54, 1.807) is 11.3 Å². The molecule has 4 nitrogen and oxygen atoms in total. The van der Waals surface area contributed by atoms with Gasteiger partial charge in [-0.05, 0) is 5.92 Å². The molecule has 0 saturated carbocycles. The van der Waals surface area contributed by atoms with Gasteiger partial charge in [0.15, 0.2) is 4.96 Å². The van der Waals surface area contributed by atoms with E-state index in [1.807, 2.05) is 0 Å². The van der Waals surface area contributed by atoms with Crippen molar-refractivity contribution in [2.75, 3.05) is 19.6 Å². The molecule has 2 unspecified atom stereocenters. The predicted molar refractivity (Wildman–Crippen MR) is 79.6 cm³/mol. The maximum atomic E-state index is 4.68. The van der Waals surface area contributed by atoms with Gasteiger partial charge in [-0.15, -0.1) is 11.3 Å². The highest BCUT2D eigenvalue weighted by molar-refractivity contribution is 7.15. The Kier molecular flexibility index (Phi) is 3.86. The maximum Gasteiger partial charge on any atom is 0.193 e. The highest BCUT2D eigenvalue weighted by Crippen LogP contribution is 2.16. The first-order valence-electron chi connectivity index (χ1n) is 7.13. The number of nitrogens with one attached hydrogen (secondary N) is 1. The summed E-state index contributed by atoms with van der Waals surface area (Å²) in [5, 5.41) is 5.72. The molecule has 2 aromatic rings. The second-order valence-corrected chi connectivity index (χ2v) is 6.38. The van der Waals surface area contributed by atoms with Gasteiger partial charge in [0.25, 0.3) is 0 Å². The first kappa shape index (κ1) is 13.1. The molecule has 3 rings (SSSR count). The van der Waals surface area contributed by atoms with Crippen molar-refractivity contribution in [2.24, 2.45) is 5.92 Å². The first-order chi connectivity index (χ1) is 9.26. The minimum absolute atomic E-state index is 0.627. The smallest absolute Gasteiger partial charge is 0.193 e. The van der Waals surface area contributed by atoms with Crippen LogP contribution in [-0.2, 0) is 6.54 Å². The normalized spacial score (nSPS) is 22.9. The molecule has 0 bridgehead atoms. The van der Waals surface area contributed by atoms with E-state index >= 15 is 0 Å². The molecule has 2 atom stereocenters. The molecule has 0 amide bonds. The fourth-order valence-corrected chi connectivity index (χ4v) is 3.45. The third-order valence-corrected chi connectivity index (χ3v) is 4.92. The molecular formula is C14H22N4S.